The molecule has 0 bridgehead atoms. The predicted octanol–water partition coefficient (Wildman–Crippen LogP) is 6.34. The molecule has 0 saturated heterocycles. The normalized spacial score (nSPS) is 11.6. The Hall–Kier alpha value is -1.10. The fourth-order valence-corrected chi connectivity index (χ4v) is 2.44. The highest BCUT2D eigenvalue weighted by molar-refractivity contribution is 6.44. The molecule has 0 fully saturated rings. The van der Waals surface area contributed by atoms with Gasteiger partial charge in [0, 0.05) is 10.6 Å². The van der Waals surface area contributed by atoms with Crippen molar-refractivity contribution in [1.29, 1.82) is 0 Å². The Morgan fingerprint density at radius 3 is 2.05 bits per heavy atom. The molecule has 1 nitrogen and oxygen atoms in total. The van der Waals surface area contributed by atoms with Crippen molar-refractivity contribution in [3.05, 3.63) is 51.0 Å². The van der Waals surface area contributed by atoms with Crippen molar-refractivity contribution in [1.82, 2.24) is 0 Å². The SMILES string of the molecule is COc1cc(-c2cc(Cl)c(Cl)cc2Cl)cc(C(F)(F)F)c1. The van der Waals surface area contributed by atoms with Crippen molar-refractivity contribution < 1.29 is 17.9 Å². The molecule has 7 heteroatoms. The third kappa shape index (κ3) is 3.57. The van der Waals surface area contributed by atoms with E-state index in [1.165, 1.54) is 25.3 Å². The molecule has 0 atom stereocenters. The molecule has 2 aromatic carbocycles. The van der Waals surface area contributed by atoms with E-state index in [0.29, 0.717) is 5.56 Å². The molecular weight excluding hydrogens is 348 g/mol. The van der Waals surface area contributed by atoms with Crippen LogP contribution in [0, 0.1) is 0 Å². The quantitative estimate of drug-likeness (QED) is 0.571. The van der Waals surface area contributed by atoms with Crippen molar-refractivity contribution in [3.8, 4) is 16.9 Å². The summed E-state index contributed by atoms with van der Waals surface area (Å²) in [4.78, 5) is 0. The molecule has 0 amide bonds. The maximum absolute atomic E-state index is 12.9. The monoisotopic (exact) mass is 354 g/mol. The van der Waals surface area contributed by atoms with Crippen LogP contribution in [0.5, 0.6) is 5.75 Å². The van der Waals surface area contributed by atoms with E-state index in [4.69, 9.17) is 39.5 Å². The molecule has 0 aliphatic carbocycles. The highest BCUT2D eigenvalue weighted by Crippen LogP contribution is 2.39. The zero-order valence-electron chi connectivity index (χ0n) is 10.6. The van der Waals surface area contributed by atoms with Crippen molar-refractivity contribution >= 4 is 34.8 Å². The van der Waals surface area contributed by atoms with Crippen LogP contribution in [0.25, 0.3) is 11.1 Å². The Balaban J connectivity index is 2.66. The van der Waals surface area contributed by atoms with Crippen molar-refractivity contribution in [3.63, 3.8) is 0 Å². The van der Waals surface area contributed by atoms with Crippen LogP contribution < -0.4 is 4.74 Å². The molecule has 0 spiro atoms. The zero-order valence-corrected chi connectivity index (χ0v) is 12.8. The van der Waals surface area contributed by atoms with E-state index in [1.54, 1.807) is 0 Å². The average Bonchev–Trinajstić information content (AvgIpc) is 2.41. The second-order valence-electron chi connectivity index (χ2n) is 4.19. The largest absolute Gasteiger partial charge is 0.497 e. The van der Waals surface area contributed by atoms with Crippen LogP contribution in [0.2, 0.25) is 15.1 Å². The zero-order chi connectivity index (χ0) is 15.8. The maximum Gasteiger partial charge on any atom is 0.416 e. The van der Waals surface area contributed by atoms with Gasteiger partial charge in [-0.25, -0.2) is 0 Å². The number of benzene rings is 2. The lowest BCUT2D eigenvalue weighted by molar-refractivity contribution is -0.137. The number of hydrogen-bond acceptors (Lipinski definition) is 1. The number of alkyl halides is 3. The average molecular weight is 356 g/mol. The van der Waals surface area contributed by atoms with E-state index < -0.39 is 11.7 Å². The minimum absolute atomic E-state index is 0.0713. The fourth-order valence-electron chi connectivity index (χ4n) is 1.78. The van der Waals surface area contributed by atoms with E-state index in [0.717, 1.165) is 12.1 Å². The Labute approximate surface area is 134 Å². The molecule has 0 aliphatic rings. The first kappa shape index (κ1) is 16.3. The summed E-state index contributed by atoms with van der Waals surface area (Å²) in [5.41, 5.74) is -0.250. The van der Waals surface area contributed by atoms with Gasteiger partial charge in [-0.2, -0.15) is 13.2 Å². The Bertz CT molecular complexity index is 684. The molecule has 0 heterocycles. The smallest absolute Gasteiger partial charge is 0.416 e. The van der Waals surface area contributed by atoms with Crippen LogP contribution in [0.15, 0.2) is 30.3 Å². The second-order valence-corrected chi connectivity index (χ2v) is 5.42. The van der Waals surface area contributed by atoms with Gasteiger partial charge in [0.05, 0.1) is 22.7 Å². The van der Waals surface area contributed by atoms with Gasteiger partial charge in [0.1, 0.15) is 5.75 Å². The predicted molar refractivity (Wildman–Crippen MR) is 78.5 cm³/mol. The van der Waals surface area contributed by atoms with Crippen LogP contribution in [-0.4, -0.2) is 7.11 Å². The van der Waals surface area contributed by atoms with Gasteiger partial charge in [-0.05, 0) is 35.9 Å². The van der Waals surface area contributed by atoms with Gasteiger partial charge < -0.3 is 4.74 Å². The third-order valence-corrected chi connectivity index (χ3v) is 3.83. The van der Waals surface area contributed by atoms with Crippen LogP contribution in [0.4, 0.5) is 13.2 Å². The van der Waals surface area contributed by atoms with Gasteiger partial charge >= 0.3 is 6.18 Å². The summed E-state index contributed by atoms with van der Waals surface area (Å²) in [7, 11) is 1.29. The van der Waals surface area contributed by atoms with E-state index in [-0.39, 0.29) is 26.4 Å². The van der Waals surface area contributed by atoms with E-state index in [2.05, 4.69) is 0 Å². The minimum Gasteiger partial charge on any atom is -0.497 e. The highest BCUT2D eigenvalue weighted by atomic mass is 35.5. The van der Waals surface area contributed by atoms with Gasteiger partial charge in [-0.15, -0.1) is 0 Å². The first-order valence-electron chi connectivity index (χ1n) is 5.63. The van der Waals surface area contributed by atoms with Gasteiger partial charge in [-0.1, -0.05) is 34.8 Å². The summed E-state index contributed by atoms with van der Waals surface area (Å²) in [6.07, 6.45) is -4.49. The molecule has 0 radical (unpaired) electrons. The van der Waals surface area contributed by atoms with Crippen molar-refractivity contribution in [2.45, 2.75) is 6.18 Å². The highest BCUT2D eigenvalue weighted by Gasteiger charge is 2.31. The summed E-state index contributed by atoms with van der Waals surface area (Å²) in [6, 6.07) is 6.14. The van der Waals surface area contributed by atoms with E-state index >= 15 is 0 Å². The molecule has 2 aromatic rings. The first-order valence-corrected chi connectivity index (χ1v) is 6.77. The van der Waals surface area contributed by atoms with E-state index in [1.807, 2.05) is 0 Å². The number of methoxy groups -OCH3 is 1. The Kier molecular flexibility index (Phi) is 4.61. The lowest BCUT2D eigenvalue weighted by atomic mass is 10.0. The van der Waals surface area contributed by atoms with Crippen LogP contribution in [0.3, 0.4) is 0 Å². The lowest BCUT2D eigenvalue weighted by Gasteiger charge is -2.13. The number of hydrogen-bond donors (Lipinski definition) is 0. The second kappa shape index (κ2) is 5.95. The molecule has 112 valence electrons. The van der Waals surface area contributed by atoms with E-state index in [9.17, 15) is 13.2 Å². The first-order chi connectivity index (χ1) is 9.72. The third-order valence-electron chi connectivity index (χ3n) is 2.79. The Morgan fingerprint density at radius 1 is 0.857 bits per heavy atom. The molecule has 0 unspecified atom stereocenters. The summed E-state index contributed by atoms with van der Waals surface area (Å²) in [6.45, 7) is 0. The number of rotatable bonds is 2. The topological polar surface area (TPSA) is 9.23 Å². The van der Waals surface area contributed by atoms with Gasteiger partial charge in [0.25, 0.3) is 0 Å². The lowest BCUT2D eigenvalue weighted by Crippen LogP contribution is -2.05. The molecule has 0 aromatic heterocycles. The summed E-state index contributed by atoms with van der Waals surface area (Å²) in [5.74, 6) is 0.0713. The molecule has 21 heavy (non-hydrogen) atoms. The summed E-state index contributed by atoms with van der Waals surface area (Å²) < 4.78 is 43.6. The number of ether oxygens (including phenoxy) is 1. The molecule has 0 N–H and O–H groups in total. The van der Waals surface area contributed by atoms with Crippen LogP contribution in [-0.2, 0) is 6.18 Å². The van der Waals surface area contributed by atoms with Crippen molar-refractivity contribution in [2.24, 2.45) is 0 Å². The van der Waals surface area contributed by atoms with Gasteiger partial charge in [0.15, 0.2) is 0 Å². The van der Waals surface area contributed by atoms with Crippen LogP contribution >= 0.6 is 34.8 Å². The standard InChI is InChI=1S/C14H8Cl3F3O/c1-21-9-3-7(2-8(4-9)14(18,19)20)10-5-12(16)13(17)6-11(10)15/h2-6H,1H3. The number of halogens is 6. The Morgan fingerprint density at radius 2 is 1.48 bits per heavy atom. The van der Waals surface area contributed by atoms with Gasteiger partial charge in [-0.3, -0.25) is 0 Å². The molecular formula is C14H8Cl3F3O. The van der Waals surface area contributed by atoms with Crippen LogP contribution in [0.1, 0.15) is 5.56 Å². The molecule has 0 aliphatic heterocycles. The minimum atomic E-state index is -4.49. The fraction of sp³-hybridized carbons (Fsp3) is 0.143. The van der Waals surface area contributed by atoms with Gasteiger partial charge in [0.2, 0.25) is 0 Å². The van der Waals surface area contributed by atoms with Crippen molar-refractivity contribution in [2.75, 3.05) is 7.11 Å². The molecule has 0 saturated carbocycles. The summed E-state index contributed by atoms with van der Waals surface area (Å²) in [5, 5.41) is 0.627. The molecule has 2 rings (SSSR count). The maximum atomic E-state index is 12.9. The summed E-state index contributed by atoms with van der Waals surface area (Å²) >= 11 is 17.7.